The van der Waals surface area contributed by atoms with Gasteiger partial charge in [-0.15, -0.1) is 11.8 Å². The molecule has 0 saturated heterocycles. The smallest absolute Gasteiger partial charge is 0.325 e. The highest BCUT2D eigenvalue weighted by atomic mass is 32.2. The summed E-state index contributed by atoms with van der Waals surface area (Å²) in [5.41, 5.74) is -0.630. The Morgan fingerprint density at radius 1 is 1.03 bits per heavy atom. The fourth-order valence-electron chi connectivity index (χ4n) is 2.69. The van der Waals surface area contributed by atoms with E-state index >= 15 is 0 Å². The van der Waals surface area contributed by atoms with Crippen LogP contribution < -0.4 is 16.4 Å². The van der Waals surface area contributed by atoms with Gasteiger partial charge in [0, 0.05) is 11.3 Å². The van der Waals surface area contributed by atoms with Crippen LogP contribution >= 0.6 is 11.8 Å². The van der Waals surface area contributed by atoms with Gasteiger partial charge in [-0.25, -0.2) is 4.68 Å². The highest BCUT2D eigenvalue weighted by molar-refractivity contribution is 7.99. The number of anilines is 1. The minimum Gasteiger partial charge on any atom is -0.325 e. The van der Waals surface area contributed by atoms with Gasteiger partial charge in [-0.1, -0.05) is 24.3 Å². The molecular formula is C19H16F3N3O3S. The molecule has 3 rings (SSSR count). The molecule has 0 spiro atoms. The zero-order valence-corrected chi connectivity index (χ0v) is 15.8. The molecule has 2 N–H and O–H groups in total. The molecule has 2 aromatic carbocycles. The Labute approximate surface area is 166 Å². The molecule has 3 aromatic rings. The van der Waals surface area contributed by atoms with Gasteiger partial charge in [-0.2, -0.15) is 13.2 Å². The van der Waals surface area contributed by atoms with Crippen molar-refractivity contribution in [3.05, 3.63) is 69.2 Å². The average molecular weight is 423 g/mol. The number of H-pyrrole nitrogens is 1. The van der Waals surface area contributed by atoms with Gasteiger partial charge in [0.25, 0.3) is 11.1 Å². The summed E-state index contributed by atoms with van der Waals surface area (Å²) in [5, 5.41) is 5.48. The lowest BCUT2D eigenvalue weighted by Crippen LogP contribution is -2.31. The maximum atomic E-state index is 12.5. The third kappa shape index (κ3) is 5.29. The maximum Gasteiger partial charge on any atom is 0.398 e. The molecule has 152 valence electrons. The number of benzene rings is 2. The third-order valence-corrected chi connectivity index (χ3v) is 5.14. The normalized spacial score (nSPS) is 11.6. The lowest BCUT2D eigenvalue weighted by Gasteiger charge is -2.12. The molecular weight excluding hydrogens is 407 g/mol. The number of aryl methyl sites for hydroxylation is 1. The molecule has 0 aliphatic carbocycles. The molecule has 0 bridgehead atoms. The minimum atomic E-state index is -4.33. The van der Waals surface area contributed by atoms with Crippen molar-refractivity contribution in [1.29, 1.82) is 0 Å². The number of amides is 1. The number of carbonyl (C=O) groups is 1. The number of halogens is 3. The van der Waals surface area contributed by atoms with E-state index < -0.39 is 29.0 Å². The summed E-state index contributed by atoms with van der Waals surface area (Å²) >= 11 is 0.574. The number of nitrogens with zero attached hydrogens (tertiary/aromatic N) is 1. The lowest BCUT2D eigenvalue weighted by molar-refractivity contribution is -0.116. The van der Waals surface area contributed by atoms with Crippen molar-refractivity contribution in [2.75, 3.05) is 11.1 Å². The number of nitrogens with one attached hydrogen (secondary N) is 2. The van der Waals surface area contributed by atoms with Gasteiger partial charge in [-0.05, 0) is 24.3 Å². The number of rotatable bonds is 6. The van der Waals surface area contributed by atoms with E-state index in [1.54, 1.807) is 24.3 Å². The summed E-state index contributed by atoms with van der Waals surface area (Å²) in [6.07, 6.45) is -4.47. The van der Waals surface area contributed by atoms with Gasteiger partial charge in [0.1, 0.15) is 0 Å². The molecule has 1 heterocycles. The Kier molecular flexibility index (Phi) is 6.12. The predicted octanol–water partition coefficient (Wildman–Crippen LogP) is 3.37. The van der Waals surface area contributed by atoms with Crippen LogP contribution in [0.15, 0.2) is 63.0 Å². The third-order valence-electron chi connectivity index (χ3n) is 4.00. The van der Waals surface area contributed by atoms with Crippen molar-refractivity contribution in [2.45, 2.75) is 24.0 Å². The molecule has 0 aliphatic rings. The molecule has 10 heteroatoms. The first-order chi connectivity index (χ1) is 13.7. The van der Waals surface area contributed by atoms with Crippen molar-refractivity contribution in [1.82, 2.24) is 9.78 Å². The monoisotopic (exact) mass is 423 g/mol. The van der Waals surface area contributed by atoms with Gasteiger partial charge < -0.3 is 5.32 Å². The Hall–Kier alpha value is -3.01. The van der Waals surface area contributed by atoms with Crippen molar-refractivity contribution in [3.63, 3.8) is 0 Å². The first-order valence-electron chi connectivity index (χ1n) is 8.55. The SMILES string of the molecule is O=C(CCn1[nH]c(=O)c2ccccc2c1=O)Nc1ccccc1SCC(F)(F)F. The Morgan fingerprint density at radius 3 is 2.41 bits per heavy atom. The summed E-state index contributed by atoms with van der Waals surface area (Å²) in [6.45, 7) is -0.0808. The number of aromatic amines is 1. The van der Waals surface area contributed by atoms with Crippen LogP contribution in [0.5, 0.6) is 0 Å². The van der Waals surface area contributed by atoms with Crippen LogP contribution in [0.1, 0.15) is 6.42 Å². The zero-order chi connectivity index (χ0) is 21.0. The van der Waals surface area contributed by atoms with Crippen LogP contribution in [0.2, 0.25) is 0 Å². The fourth-order valence-corrected chi connectivity index (χ4v) is 3.45. The van der Waals surface area contributed by atoms with Crippen LogP contribution in [0.25, 0.3) is 10.8 Å². The van der Waals surface area contributed by atoms with Crippen LogP contribution in [-0.4, -0.2) is 27.6 Å². The van der Waals surface area contributed by atoms with Crippen molar-refractivity contribution >= 4 is 34.1 Å². The molecule has 29 heavy (non-hydrogen) atoms. The van der Waals surface area contributed by atoms with E-state index in [2.05, 4.69) is 10.4 Å². The Morgan fingerprint density at radius 2 is 1.69 bits per heavy atom. The molecule has 0 radical (unpaired) electrons. The van der Waals surface area contributed by atoms with Crippen LogP contribution in [0.4, 0.5) is 18.9 Å². The van der Waals surface area contributed by atoms with E-state index in [0.29, 0.717) is 11.8 Å². The van der Waals surface area contributed by atoms with E-state index in [-0.39, 0.29) is 34.3 Å². The summed E-state index contributed by atoms with van der Waals surface area (Å²) < 4.78 is 38.4. The van der Waals surface area contributed by atoms with E-state index in [4.69, 9.17) is 0 Å². The molecule has 0 atom stereocenters. The molecule has 1 amide bonds. The first-order valence-corrected chi connectivity index (χ1v) is 9.53. The van der Waals surface area contributed by atoms with E-state index in [0.717, 1.165) is 4.68 Å². The van der Waals surface area contributed by atoms with Gasteiger partial charge in [0.2, 0.25) is 5.91 Å². The number of para-hydroxylation sites is 1. The quantitative estimate of drug-likeness (QED) is 0.596. The van der Waals surface area contributed by atoms with E-state index in [1.807, 2.05) is 0 Å². The van der Waals surface area contributed by atoms with Crippen LogP contribution in [0.3, 0.4) is 0 Å². The average Bonchev–Trinajstić information content (AvgIpc) is 2.68. The highest BCUT2D eigenvalue weighted by Gasteiger charge is 2.27. The number of alkyl halides is 3. The molecule has 1 aromatic heterocycles. The second-order valence-electron chi connectivity index (χ2n) is 6.14. The van der Waals surface area contributed by atoms with Crippen molar-refractivity contribution < 1.29 is 18.0 Å². The van der Waals surface area contributed by atoms with E-state index in [9.17, 15) is 27.6 Å². The zero-order valence-electron chi connectivity index (χ0n) is 15.0. The molecule has 0 unspecified atom stereocenters. The van der Waals surface area contributed by atoms with Gasteiger partial charge in [0.05, 0.1) is 28.8 Å². The summed E-state index contributed by atoms with van der Waals surface area (Å²) in [6, 6.07) is 12.5. The Balaban J connectivity index is 1.70. The Bertz CT molecular complexity index is 1150. The second kappa shape index (κ2) is 8.56. The lowest BCUT2D eigenvalue weighted by atomic mass is 10.2. The number of hydrogen-bond acceptors (Lipinski definition) is 4. The number of hydrogen-bond donors (Lipinski definition) is 2. The number of thioether (sulfide) groups is 1. The summed E-state index contributed by atoms with van der Waals surface area (Å²) in [4.78, 5) is 37.0. The number of aromatic nitrogens is 2. The minimum absolute atomic E-state index is 0.0808. The van der Waals surface area contributed by atoms with Gasteiger partial charge in [-0.3, -0.25) is 19.5 Å². The number of carbonyl (C=O) groups excluding carboxylic acids is 1. The molecule has 0 saturated carbocycles. The summed E-state index contributed by atoms with van der Waals surface area (Å²) in [5.74, 6) is -1.57. The topological polar surface area (TPSA) is 84.0 Å². The molecule has 0 aliphatic heterocycles. The van der Waals surface area contributed by atoms with Crippen molar-refractivity contribution in [2.24, 2.45) is 0 Å². The van der Waals surface area contributed by atoms with Crippen molar-refractivity contribution in [3.8, 4) is 0 Å². The molecule has 0 fully saturated rings. The maximum absolute atomic E-state index is 12.5. The fraction of sp³-hybridized carbons (Fsp3) is 0.211. The van der Waals surface area contributed by atoms with Gasteiger partial charge >= 0.3 is 6.18 Å². The van der Waals surface area contributed by atoms with Gasteiger partial charge in [0.15, 0.2) is 0 Å². The number of fused-ring (bicyclic) bond motifs is 1. The van der Waals surface area contributed by atoms with Crippen LogP contribution in [0, 0.1) is 0 Å². The standard InChI is InChI=1S/C19H16F3N3O3S/c20-19(21,22)11-29-15-8-4-3-7-14(15)23-16(26)9-10-25-18(28)13-6-2-1-5-12(13)17(27)24-25/h1-8H,9-11H2,(H,23,26)(H,24,27). The largest absolute Gasteiger partial charge is 0.398 e. The molecule has 6 nitrogen and oxygen atoms in total. The summed E-state index contributed by atoms with van der Waals surface area (Å²) in [7, 11) is 0. The van der Waals surface area contributed by atoms with Crippen LogP contribution in [-0.2, 0) is 11.3 Å². The van der Waals surface area contributed by atoms with E-state index in [1.165, 1.54) is 24.3 Å². The second-order valence-corrected chi connectivity index (χ2v) is 7.16. The predicted molar refractivity (Wildman–Crippen MR) is 105 cm³/mol. The highest BCUT2D eigenvalue weighted by Crippen LogP contribution is 2.32. The first kappa shape index (κ1) is 20.7.